The van der Waals surface area contributed by atoms with E-state index in [-0.39, 0.29) is 31.1 Å². The minimum absolute atomic E-state index is 0.0371. The van der Waals surface area contributed by atoms with Gasteiger partial charge in [-0.05, 0) is 96.4 Å². The number of carbonyl (C=O) groups excluding carboxylic acids is 1. The zero-order valence-electron chi connectivity index (χ0n) is 24.4. The average molecular weight is 669 g/mol. The lowest BCUT2D eigenvalue weighted by atomic mass is 9.50. The molecule has 0 spiro atoms. The quantitative estimate of drug-likeness (QED) is 0.190. The molecule has 0 saturated heterocycles. The lowest BCUT2D eigenvalue weighted by molar-refractivity contribution is -0.362. The summed E-state index contributed by atoms with van der Waals surface area (Å²) < 4.78 is 71.7. The first-order valence-corrected chi connectivity index (χ1v) is 15.7. The van der Waals surface area contributed by atoms with Gasteiger partial charge in [0.15, 0.2) is 5.78 Å². The van der Waals surface area contributed by atoms with E-state index >= 15 is 8.78 Å². The maximum absolute atomic E-state index is 15.2. The average Bonchev–Trinajstić information content (AvgIpc) is 3.27. The molecule has 5 atom stereocenters. The molecule has 240 valence electrons. The van der Waals surface area contributed by atoms with Crippen LogP contribution in [0.5, 0.6) is 0 Å². The largest absolute Gasteiger partial charge is 0.456 e. The first-order chi connectivity index (χ1) is 21.2. The van der Waals surface area contributed by atoms with Crippen LogP contribution in [0.4, 0.5) is 22.0 Å². The number of alkyl halides is 5. The molecule has 4 aliphatic carbocycles. The molecule has 2 fully saturated rings. The van der Waals surface area contributed by atoms with Gasteiger partial charge in [0.25, 0.3) is 0 Å². The molecule has 45 heavy (non-hydrogen) atoms. The van der Waals surface area contributed by atoms with E-state index in [1.807, 2.05) is 12.1 Å². The molecule has 0 aromatic heterocycles. The van der Waals surface area contributed by atoms with Gasteiger partial charge in [-0.2, -0.15) is 22.0 Å². The van der Waals surface area contributed by atoms with Gasteiger partial charge < -0.3 is 9.94 Å². The highest BCUT2D eigenvalue weighted by Crippen LogP contribution is 2.70. The first kappa shape index (κ1) is 32.2. The third-order valence-electron chi connectivity index (χ3n) is 10.6. The molecular formula is C34H32Cl2F5NO3. The van der Waals surface area contributed by atoms with Crippen molar-refractivity contribution < 1.29 is 36.7 Å². The second-order valence-corrected chi connectivity index (χ2v) is 13.7. The lowest BCUT2D eigenvalue weighted by Crippen LogP contribution is -2.65. The van der Waals surface area contributed by atoms with Gasteiger partial charge in [0.05, 0.1) is 16.3 Å². The number of carbonyl (C=O) groups is 1. The molecular weight excluding hydrogens is 636 g/mol. The molecule has 4 aliphatic rings. The summed E-state index contributed by atoms with van der Waals surface area (Å²) in [5.41, 5.74) is 0.255. The summed E-state index contributed by atoms with van der Waals surface area (Å²) >= 11 is 12.0. The van der Waals surface area contributed by atoms with Crippen LogP contribution in [-0.4, -0.2) is 34.8 Å². The molecule has 2 saturated carbocycles. The Bertz CT molecular complexity index is 1600. The van der Waals surface area contributed by atoms with Crippen molar-refractivity contribution >= 4 is 35.2 Å². The van der Waals surface area contributed by atoms with E-state index < -0.39 is 41.4 Å². The number of hydrogen-bond acceptors (Lipinski definition) is 4. The number of hydrogen-bond donors (Lipinski definition) is 1. The Balaban J connectivity index is 1.33. The molecule has 11 heteroatoms. The van der Waals surface area contributed by atoms with Crippen molar-refractivity contribution in [2.45, 2.75) is 82.1 Å². The smallest absolute Gasteiger partial charge is 0.391 e. The van der Waals surface area contributed by atoms with E-state index in [9.17, 15) is 23.1 Å². The Morgan fingerprint density at radius 2 is 1.76 bits per heavy atom. The molecule has 6 rings (SSSR count). The number of benzene rings is 2. The Kier molecular flexibility index (Phi) is 8.22. The summed E-state index contributed by atoms with van der Waals surface area (Å²) in [6.45, 7) is 1.58. The molecule has 2 aromatic carbocycles. The summed E-state index contributed by atoms with van der Waals surface area (Å²) in [5, 5.41) is 16.3. The van der Waals surface area contributed by atoms with Crippen LogP contribution in [0, 0.1) is 17.3 Å². The highest BCUT2D eigenvalue weighted by molar-refractivity contribution is 6.42. The van der Waals surface area contributed by atoms with E-state index in [4.69, 9.17) is 28.0 Å². The summed E-state index contributed by atoms with van der Waals surface area (Å²) in [6.07, 6.45) is -1.42. The predicted molar refractivity (Wildman–Crippen MR) is 162 cm³/mol. The van der Waals surface area contributed by atoms with Gasteiger partial charge >= 0.3 is 12.1 Å². The Morgan fingerprint density at radius 3 is 2.44 bits per heavy atom. The lowest BCUT2D eigenvalue weighted by Gasteiger charge is -2.56. The standard InChI is InChI=1S/C34H32Cl2F5NO3/c1-31-16-26(21-5-2-19(3-6-21)17-42-45-18-20-4-11-28(35)29(36)14-20)30-24-10-8-23(43)15-22(24)7-9-25(30)27(31)12-13-32(31,44)33(37,38)34(39,40)41/h2-6,11,14-15,17,25-27,44H,7-10,12-13,16,18H2,1H3/b42-17+/t25-,26+,27-,31-,32-/m0/s1. The monoisotopic (exact) mass is 667 g/mol. The number of allylic oxidation sites excluding steroid dienone is 4. The van der Waals surface area contributed by atoms with Crippen molar-refractivity contribution in [2.75, 3.05) is 0 Å². The number of oxime groups is 1. The van der Waals surface area contributed by atoms with Crippen molar-refractivity contribution in [1.29, 1.82) is 0 Å². The minimum Gasteiger partial charge on any atom is -0.391 e. The van der Waals surface area contributed by atoms with E-state index in [1.165, 1.54) is 13.1 Å². The highest BCUT2D eigenvalue weighted by atomic mass is 35.5. The molecule has 4 nitrogen and oxygen atoms in total. The van der Waals surface area contributed by atoms with Crippen molar-refractivity contribution in [1.82, 2.24) is 0 Å². The maximum Gasteiger partial charge on any atom is 0.456 e. The molecule has 0 amide bonds. The predicted octanol–water partition coefficient (Wildman–Crippen LogP) is 9.37. The van der Waals surface area contributed by atoms with E-state index in [2.05, 4.69) is 5.16 Å². The van der Waals surface area contributed by atoms with Gasteiger partial charge in [0.1, 0.15) is 12.2 Å². The maximum atomic E-state index is 15.2. The van der Waals surface area contributed by atoms with Gasteiger partial charge in [-0.25, -0.2) is 0 Å². The topological polar surface area (TPSA) is 58.9 Å². The van der Waals surface area contributed by atoms with Crippen LogP contribution in [0.25, 0.3) is 0 Å². The summed E-state index contributed by atoms with van der Waals surface area (Å²) in [5.74, 6) is -6.56. The van der Waals surface area contributed by atoms with Crippen LogP contribution in [0.15, 0.2) is 70.4 Å². The molecule has 0 heterocycles. The number of rotatable bonds is 6. The van der Waals surface area contributed by atoms with Gasteiger partial charge in [-0.3, -0.25) is 4.79 Å². The van der Waals surface area contributed by atoms with Crippen LogP contribution in [0.2, 0.25) is 10.0 Å². The summed E-state index contributed by atoms with van der Waals surface area (Å²) in [7, 11) is 0. The number of nitrogens with zero attached hydrogens (tertiary/aromatic N) is 1. The van der Waals surface area contributed by atoms with Crippen LogP contribution in [-0.2, 0) is 16.2 Å². The fourth-order valence-corrected chi connectivity index (χ4v) is 8.69. The number of ketones is 1. The molecule has 2 aromatic rings. The van der Waals surface area contributed by atoms with Crippen LogP contribution < -0.4 is 0 Å². The number of halogens is 7. The van der Waals surface area contributed by atoms with Gasteiger partial charge in [-0.15, -0.1) is 0 Å². The summed E-state index contributed by atoms with van der Waals surface area (Å²) in [4.78, 5) is 17.6. The number of fused-ring (bicyclic) bond motifs is 4. The van der Waals surface area contributed by atoms with Crippen LogP contribution in [0.3, 0.4) is 0 Å². The highest BCUT2D eigenvalue weighted by Gasteiger charge is 2.79. The third kappa shape index (κ3) is 5.32. The first-order valence-electron chi connectivity index (χ1n) is 15.0. The second kappa shape index (κ2) is 11.5. The Labute approximate surface area is 267 Å². The number of aliphatic hydroxyl groups is 1. The SMILES string of the molecule is C[C@]12C[C@H](c3ccc(/C=N/OCc4ccc(Cl)c(Cl)c4)cc3)C3=C4CCC(=O)C=C4CC[C@H]3[C@@H]1CC[C@@]2(O)C(F)(F)C(F)(F)F. The summed E-state index contributed by atoms with van der Waals surface area (Å²) in [6, 6.07) is 12.3. The van der Waals surface area contributed by atoms with Gasteiger partial charge in [0, 0.05) is 17.8 Å². The normalized spacial score (nSPS) is 30.2. The minimum atomic E-state index is -5.89. The molecule has 0 unspecified atom stereocenters. The van der Waals surface area contributed by atoms with Gasteiger partial charge in [-0.1, -0.05) is 71.2 Å². The van der Waals surface area contributed by atoms with Gasteiger partial charge in [0.2, 0.25) is 0 Å². The fraction of sp³-hybridized carbons (Fsp3) is 0.471. The van der Waals surface area contributed by atoms with Crippen molar-refractivity contribution in [3.63, 3.8) is 0 Å². The van der Waals surface area contributed by atoms with Crippen LogP contribution >= 0.6 is 23.2 Å². The second-order valence-electron chi connectivity index (χ2n) is 12.9. The van der Waals surface area contributed by atoms with Crippen LogP contribution in [0.1, 0.15) is 74.5 Å². The Hall–Kier alpha value is -2.75. The van der Waals surface area contributed by atoms with Crippen molar-refractivity contribution in [3.05, 3.63) is 92.0 Å². The molecule has 0 radical (unpaired) electrons. The van der Waals surface area contributed by atoms with E-state index in [1.54, 1.807) is 36.4 Å². The Morgan fingerprint density at radius 1 is 1.02 bits per heavy atom. The third-order valence-corrected chi connectivity index (χ3v) is 11.3. The molecule has 1 N–H and O–H groups in total. The zero-order chi connectivity index (χ0) is 32.4. The molecule has 0 bridgehead atoms. The fourth-order valence-electron chi connectivity index (χ4n) is 8.37. The van der Waals surface area contributed by atoms with E-state index in [0.717, 1.165) is 27.8 Å². The van der Waals surface area contributed by atoms with Crippen molar-refractivity contribution in [3.8, 4) is 0 Å². The molecule has 0 aliphatic heterocycles. The van der Waals surface area contributed by atoms with Crippen molar-refractivity contribution in [2.24, 2.45) is 22.4 Å². The zero-order valence-corrected chi connectivity index (χ0v) is 26.0. The van der Waals surface area contributed by atoms with E-state index in [0.29, 0.717) is 41.3 Å².